The van der Waals surface area contributed by atoms with Crippen molar-refractivity contribution in [3.05, 3.63) is 57.1 Å². The lowest BCUT2D eigenvalue weighted by atomic mass is 10.1. The maximum absolute atomic E-state index is 13.4. The van der Waals surface area contributed by atoms with Crippen LogP contribution >= 0.6 is 0 Å². The summed E-state index contributed by atoms with van der Waals surface area (Å²) in [6.07, 6.45) is 3.46. The third kappa shape index (κ3) is 3.87. The van der Waals surface area contributed by atoms with Gasteiger partial charge < -0.3 is 15.1 Å². The number of benzene rings is 1. The zero-order valence-electron chi connectivity index (χ0n) is 18.2. The van der Waals surface area contributed by atoms with Gasteiger partial charge in [0.2, 0.25) is 11.8 Å². The molecule has 0 amide bonds. The van der Waals surface area contributed by atoms with Crippen molar-refractivity contribution < 1.29 is 4.42 Å². The number of nitrogens with zero attached hydrogens (tertiary/aromatic N) is 6. The van der Waals surface area contributed by atoms with E-state index in [1.165, 1.54) is 4.68 Å². The standard InChI is InChI=1S/C23H23N7O3/c1-2-3-11-29-20-17(26-23(29)28-10-6-7-15(24)13-28)12-25-30(22(20)32)14-19-27-21(31)16-8-4-5-9-18(16)33-19/h4-5,8-9,12,15H,6-7,10-11,13-14,24H2,1H3. The predicted octanol–water partition coefficient (Wildman–Crippen LogP) is 1.09. The first kappa shape index (κ1) is 20.9. The van der Waals surface area contributed by atoms with Crippen LogP contribution in [0.25, 0.3) is 22.0 Å². The molecule has 0 bridgehead atoms. The minimum Gasteiger partial charge on any atom is -0.440 e. The third-order valence-corrected chi connectivity index (χ3v) is 5.74. The molecule has 1 aromatic carbocycles. The number of aromatic nitrogens is 5. The van der Waals surface area contributed by atoms with Gasteiger partial charge in [0.1, 0.15) is 23.2 Å². The first-order valence-corrected chi connectivity index (χ1v) is 10.8. The van der Waals surface area contributed by atoms with Gasteiger partial charge in [-0.3, -0.25) is 14.2 Å². The van der Waals surface area contributed by atoms with Crippen LogP contribution in [-0.2, 0) is 13.1 Å². The highest BCUT2D eigenvalue weighted by atomic mass is 16.3. The Hall–Kier alpha value is -3.97. The average molecular weight is 445 g/mol. The molecule has 33 heavy (non-hydrogen) atoms. The van der Waals surface area contributed by atoms with Crippen LogP contribution in [-0.4, -0.2) is 43.4 Å². The van der Waals surface area contributed by atoms with E-state index >= 15 is 0 Å². The smallest absolute Gasteiger partial charge is 0.293 e. The molecule has 4 aromatic rings. The summed E-state index contributed by atoms with van der Waals surface area (Å²) in [5.41, 5.74) is 6.69. The summed E-state index contributed by atoms with van der Waals surface area (Å²) in [7, 11) is 0. The average Bonchev–Trinajstić information content (AvgIpc) is 3.19. The van der Waals surface area contributed by atoms with Crippen molar-refractivity contribution in [1.29, 1.82) is 0 Å². The Morgan fingerprint density at radius 1 is 1.24 bits per heavy atom. The van der Waals surface area contributed by atoms with E-state index in [2.05, 4.69) is 31.8 Å². The van der Waals surface area contributed by atoms with E-state index in [1.807, 2.05) is 4.57 Å². The zero-order chi connectivity index (χ0) is 22.9. The van der Waals surface area contributed by atoms with E-state index in [-0.39, 0.29) is 24.0 Å². The molecule has 1 saturated heterocycles. The number of hydrogen-bond acceptors (Lipinski definition) is 8. The summed E-state index contributed by atoms with van der Waals surface area (Å²) < 4.78 is 8.78. The maximum Gasteiger partial charge on any atom is 0.293 e. The lowest BCUT2D eigenvalue weighted by Gasteiger charge is -2.31. The maximum atomic E-state index is 13.4. The zero-order valence-corrected chi connectivity index (χ0v) is 18.2. The Bertz CT molecular complexity index is 1520. The van der Waals surface area contributed by atoms with E-state index in [4.69, 9.17) is 10.2 Å². The van der Waals surface area contributed by atoms with Gasteiger partial charge in [-0.25, -0.2) is 9.67 Å². The Morgan fingerprint density at radius 2 is 2.09 bits per heavy atom. The SMILES string of the molecule is CC#CCn1c(N2CCCC(N)C2)nc2cnn(Cc3nc(=O)c4ccccc4o3)c(=O)c21. The van der Waals surface area contributed by atoms with Crippen LogP contribution < -0.4 is 21.8 Å². The monoisotopic (exact) mass is 445 g/mol. The summed E-state index contributed by atoms with van der Waals surface area (Å²) >= 11 is 0. The molecule has 0 saturated carbocycles. The quantitative estimate of drug-likeness (QED) is 0.463. The molecular formula is C23H23N7O3. The van der Waals surface area contributed by atoms with Crippen molar-refractivity contribution in [1.82, 2.24) is 24.3 Å². The summed E-state index contributed by atoms with van der Waals surface area (Å²) in [6.45, 7) is 3.46. The van der Waals surface area contributed by atoms with Gasteiger partial charge in [0.25, 0.3) is 11.1 Å². The number of anilines is 1. The Kier molecular flexibility index (Phi) is 5.40. The summed E-state index contributed by atoms with van der Waals surface area (Å²) in [5.74, 6) is 6.68. The number of piperidine rings is 1. The van der Waals surface area contributed by atoms with Gasteiger partial charge >= 0.3 is 0 Å². The Morgan fingerprint density at radius 3 is 2.91 bits per heavy atom. The van der Waals surface area contributed by atoms with E-state index in [0.29, 0.717) is 41.0 Å². The summed E-state index contributed by atoms with van der Waals surface area (Å²) in [6, 6.07) is 6.91. The van der Waals surface area contributed by atoms with Gasteiger partial charge in [-0.2, -0.15) is 10.1 Å². The van der Waals surface area contributed by atoms with E-state index < -0.39 is 5.56 Å². The molecule has 3 aromatic heterocycles. The van der Waals surface area contributed by atoms with Crippen molar-refractivity contribution in [3.8, 4) is 11.8 Å². The molecule has 5 rings (SSSR count). The van der Waals surface area contributed by atoms with Crippen LogP contribution in [0, 0.1) is 11.8 Å². The number of hydrogen-bond donors (Lipinski definition) is 1. The van der Waals surface area contributed by atoms with Crippen LogP contribution in [0.15, 0.2) is 44.5 Å². The number of para-hydroxylation sites is 1. The molecule has 1 fully saturated rings. The molecular weight excluding hydrogens is 422 g/mol. The van der Waals surface area contributed by atoms with Crippen molar-refractivity contribution in [3.63, 3.8) is 0 Å². The van der Waals surface area contributed by atoms with Crippen LogP contribution in [0.2, 0.25) is 0 Å². The van der Waals surface area contributed by atoms with Crippen LogP contribution in [0.5, 0.6) is 0 Å². The topological polar surface area (TPSA) is 125 Å². The van der Waals surface area contributed by atoms with Gasteiger partial charge in [-0.15, -0.1) is 5.92 Å². The highest BCUT2D eigenvalue weighted by molar-refractivity contribution is 5.77. The fourth-order valence-electron chi connectivity index (χ4n) is 4.18. The number of fused-ring (bicyclic) bond motifs is 2. The summed E-state index contributed by atoms with van der Waals surface area (Å²) in [4.78, 5) is 36.5. The molecule has 0 spiro atoms. The van der Waals surface area contributed by atoms with E-state index in [0.717, 1.165) is 19.4 Å². The highest BCUT2D eigenvalue weighted by Gasteiger charge is 2.24. The fraction of sp³-hybridized carbons (Fsp3) is 0.348. The number of imidazole rings is 1. The Labute approximate surface area is 188 Å². The van der Waals surface area contributed by atoms with Crippen LogP contribution in [0.4, 0.5) is 5.95 Å². The van der Waals surface area contributed by atoms with Gasteiger partial charge in [0.15, 0.2) is 0 Å². The first-order valence-electron chi connectivity index (χ1n) is 10.8. The molecule has 1 aliphatic rings. The highest BCUT2D eigenvalue weighted by Crippen LogP contribution is 2.23. The fourth-order valence-corrected chi connectivity index (χ4v) is 4.18. The van der Waals surface area contributed by atoms with Crippen molar-refractivity contribution in [2.75, 3.05) is 18.0 Å². The molecule has 1 unspecified atom stereocenters. The minimum atomic E-state index is -0.409. The number of nitrogens with two attached hydrogens (primary N) is 1. The van der Waals surface area contributed by atoms with E-state index in [9.17, 15) is 9.59 Å². The van der Waals surface area contributed by atoms with Crippen LogP contribution in [0.1, 0.15) is 25.7 Å². The van der Waals surface area contributed by atoms with Gasteiger partial charge in [-0.1, -0.05) is 18.1 Å². The number of rotatable bonds is 4. The van der Waals surface area contributed by atoms with Crippen LogP contribution in [0.3, 0.4) is 0 Å². The van der Waals surface area contributed by atoms with E-state index in [1.54, 1.807) is 37.4 Å². The molecule has 10 nitrogen and oxygen atoms in total. The largest absolute Gasteiger partial charge is 0.440 e. The molecule has 1 atom stereocenters. The summed E-state index contributed by atoms with van der Waals surface area (Å²) in [5, 5.41) is 4.64. The van der Waals surface area contributed by atoms with Crippen molar-refractivity contribution in [2.45, 2.75) is 38.9 Å². The van der Waals surface area contributed by atoms with Crippen molar-refractivity contribution in [2.24, 2.45) is 5.73 Å². The second-order valence-corrected chi connectivity index (χ2v) is 8.02. The normalized spacial score (nSPS) is 16.2. The molecule has 10 heteroatoms. The van der Waals surface area contributed by atoms with Gasteiger partial charge in [0.05, 0.1) is 18.1 Å². The molecule has 0 radical (unpaired) electrons. The lowest BCUT2D eigenvalue weighted by molar-refractivity contribution is 0.463. The molecule has 0 aliphatic carbocycles. The van der Waals surface area contributed by atoms with Gasteiger partial charge in [-0.05, 0) is 31.9 Å². The predicted molar refractivity (Wildman–Crippen MR) is 124 cm³/mol. The van der Waals surface area contributed by atoms with Gasteiger partial charge in [0, 0.05) is 19.1 Å². The molecule has 2 N–H and O–H groups in total. The molecule has 168 valence electrons. The lowest BCUT2D eigenvalue weighted by Crippen LogP contribution is -2.44. The Balaban J connectivity index is 1.60. The van der Waals surface area contributed by atoms with Crippen molar-refractivity contribution >= 4 is 28.0 Å². The molecule has 1 aliphatic heterocycles. The second kappa shape index (κ2) is 8.52. The minimum absolute atomic E-state index is 0.0564. The molecule has 4 heterocycles. The third-order valence-electron chi connectivity index (χ3n) is 5.74. The first-order chi connectivity index (χ1) is 16.0. The second-order valence-electron chi connectivity index (χ2n) is 8.02.